The maximum absolute atomic E-state index is 9.03. The van der Waals surface area contributed by atoms with Gasteiger partial charge in [-0.15, -0.1) is 0 Å². The Kier molecular flexibility index (Phi) is 3.15. The van der Waals surface area contributed by atoms with Gasteiger partial charge in [0.05, 0.1) is 28.7 Å². The maximum atomic E-state index is 9.03. The van der Waals surface area contributed by atoms with E-state index in [1.54, 1.807) is 6.20 Å². The van der Waals surface area contributed by atoms with Gasteiger partial charge in [-0.3, -0.25) is 9.97 Å². The van der Waals surface area contributed by atoms with Crippen molar-refractivity contribution in [1.82, 2.24) is 9.97 Å². The average molecular weight is 223 g/mol. The summed E-state index contributed by atoms with van der Waals surface area (Å²) < 4.78 is 0. The van der Waals surface area contributed by atoms with Crippen molar-refractivity contribution in [2.24, 2.45) is 0 Å². The molecular weight excluding hydrogens is 210 g/mol. The lowest BCUT2D eigenvalue weighted by Crippen LogP contribution is -2.01. The summed E-state index contributed by atoms with van der Waals surface area (Å²) in [6.45, 7) is 3.86. The minimum Gasteiger partial charge on any atom is -0.258 e. The number of aryl methyl sites for hydroxylation is 2. The van der Waals surface area contributed by atoms with Gasteiger partial charge in [0.25, 0.3) is 0 Å². The Bertz CT molecular complexity index is 582. The highest BCUT2D eigenvalue weighted by Crippen LogP contribution is 2.14. The van der Waals surface area contributed by atoms with E-state index in [0.29, 0.717) is 12.0 Å². The van der Waals surface area contributed by atoms with E-state index in [1.807, 2.05) is 38.1 Å². The predicted octanol–water partition coefficient (Wildman–Crippen LogP) is 2.56. The highest BCUT2D eigenvalue weighted by molar-refractivity contribution is 5.39. The van der Waals surface area contributed by atoms with Gasteiger partial charge in [0.1, 0.15) is 0 Å². The predicted molar refractivity (Wildman–Crippen MR) is 65.5 cm³/mol. The summed E-state index contributed by atoms with van der Waals surface area (Å²) in [5.74, 6) is 0. The number of rotatable bonds is 2. The van der Waals surface area contributed by atoms with Gasteiger partial charge in [-0.25, -0.2) is 0 Å². The molecule has 84 valence electrons. The van der Waals surface area contributed by atoms with Crippen molar-refractivity contribution >= 4 is 0 Å². The quantitative estimate of drug-likeness (QED) is 0.786. The number of hydrogen-bond donors (Lipinski definition) is 0. The molecule has 2 aromatic rings. The van der Waals surface area contributed by atoms with Gasteiger partial charge in [-0.2, -0.15) is 5.26 Å². The van der Waals surface area contributed by atoms with Crippen LogP contribution < -0.4 is 0 Å². The van der Waals surface area contributed by atoms with Crippen LogP contribution in [-0.4, -0.2) is 9.97 Å². The van der Waals surface area contributed by atoms with Crippen molar-refractivity contribution in [1.29, 1.82) is 5.26 Å². The van der Waals surface area contributed by atoms with Gasteiger partial charge in [0, 0.05) is 12.6 Å². The van der Waals surface area contributed by atoms with Crippen LogP contribution in [0.15, 0.2) is 30.5 Å². The van der Waals surface area contributed by atoms with Gasteiger partial charge in [0.15, 0.2) is 0 Å². The summed E-state index contributed by atoms with van der Waals surface area (Å²) in [6, 6.07) is 9.80. The molecule has 3 nitrogen and oxygen atoms in total. The first-order valence-electron chi connectivity index (χ1n) is 5.48. The Balaban J connectivity index is 2.38. The molecule has 0 aliphatic rings. The number of nitrogens with zero attached hydrogens (tertiary/aromatic N) is 3. The van der Waals surface area contributed by atoms with Gasteiger partial charge < -0.3 is 0 Å². The molecule has 0 fully saturated rings. The monoisotopic (exact) mass is 223 g/mol. The molecule has 0 aliphatic heterocycles. The first-order valence-corrected chi connectivity index (χ1v) is 5.48. The first-order chi connectivity index (χ1) is 8.20. The summed E-state index contributed by atoms with van der Waals surface area (Å²) in [4.78, 5) is 8.76. The lowest BCUT2D eigenvalue weighted by molar-refractivity contribution is 0.949. The van der Waals surface area contributed by atoms with E-state index in [9.17, 15) is 0 Å². The van der Waals surface area contributed by atoms with Crippen molar-refractivity contribution in [2.45, 2.75) is 20.3 Å². The molecule has 0 radical (unpaired) electrons. The van der Waals surface area contributed by atoms with E-state index in [4.69, 9.17) is 5.26 Å². The molecule has 1 aromatic heterocycles. The minimum absolute atomic E-state index is 0.657. The minimum atomic E-state index is 0.657. The van der Waals surface area contributed by atoms with E-state index in [0.717, 1.165) is 22.6 Å². The molecule has 17 heavy (non-hydrogen) atoms. The second-order valence-electron chi connectivity index (χ2n) is 3.99. The Labute approximate surface area is 101 Å². The van der Waals surface area contributed by atoms with Crippen LogP contribution in [0.1, 0.15) is 28.2 Å². The molecule has 0 bridgehead atoms. The molecule has 0 saturated carbocycles. The maximum Gasteiger partial charge on any atom is 0.0994 e. The number of aromatic nitrogens is 2. The third-order valence-electron chi connectivity index (χ3n) is 2.67. The third-order valence-corrected chi connectivity index (χ3v) is 2.67. The van der Waals surface area contributed by atoms with Gasteiger partial charge >= 0.3 is 0 Å². The molecule has 3 heteroatoms. The highest BCUT2D eigenvalue weighted by Gasteiger charge is 2.06. The van der Waals surface area contributed by atoms with Gasteiger partial charge in [0.2, 0.25) is 0 Å². The Morgan fingerprint density at radius 3 is 2.76 bits per heavy atom. The Morgan fingerprint density at radius 2 is 2.00 bits per heavy atom. The van der Waals surface area contributed by atoms with Crippen molar-refractivity contribution < 1.29 is 0 Å². The smallest absolute Gasteiger partial charge is 0.0994 e. The summed E-state index contributed by atoms with van der Waals surface area (Å²) in [5, 5.41) is 9.03. The lowest BCUT2D eigenvalue weighted by Gasteiger charge is -2.06. The molecule has 0 amide bonds. The van der Waals surface area contributed by atoms with Crippen molar-refractivity contribution in [3.05, 3.63) is 58.7 Å². The molecule has 0 N–H and O–H groups in total. The van der Waals surface area contributed by atoms with Crippen molar-refractivity contribution in [3.63, 3.8) is 0 Å². The van der Waals surface area contributed by atoms with E-state index in [1.165, 1.54) is 0 Å². The van der Waals surface area contributed by atoms with E-state index in [2.05, 4.69) is 16.0 Å². The Morgan fingerprint density at radius 1 is 1.24 bits per heavy atom. The molecule has 0 spiro atoms. The molecular formula is C14H13N3. The summed E-state index contributed by atoms with van der Waals surface area (Å²) in [7, 11) is 0. The van der Waals surface area contributed by atoms with Crippen LogP contribution in [0.2, 0.25) is 0 Å². The standard InChI is InChI=1S/C14H13N3/c1-10-9-16-11(2)14(17-10)7-12-5-3-4-6-13(12)8-15/h3-6,9H,7H2,1-2H3. The normalized spacial score (nSPS) is 9.94. The average Bonchev–Trinajstić information content (AvgIpc) is 2.34. The zero-order valence-corrected chi connectivity index (χ0v) is 9.94. The van der Waals surface area contributed by atoms with Crippen molar-refractivity contribution in [2.75, 3.05) is 0 Å². The van der Waals surface area contributed by atoms with Crippen LogP contribution in [0.5, 0.6) is 0 Å². The van der Waals surface area contributed by atoms with Crippen LogP contribution in [0, 0.1) is 25.2 Å². The summed E-state index contributed by atoms with van der Waals surface area (Å²) in [6.07, 6.45) is 2.42. The largest absolute Gasteiger partial charge is 0.258 e. The van der Waals surface area contributed by atoms with Crippen LogP contribution in [0.25, 0.3) is 0 Å². The zero-order chi connectivity index (χ0) is 12.3. The lowest BCUT2D eigenvalue weighted by atomic mass is 10.0. The Hall–Kier alpha value is -2.21. The molecule has 2 rings (SSSR count). The fourth-order valence-electron chi connectivity index (χ4n) is 1.72. The fourth-order valence-corrected chi connectivity index (χ4v) is 1.72. The molecule has 1 aromatic carbocycles. The SMILES string of the molecule is Cc1cnc(C)c(Cc2ccccc2C#N)n1. The zero-order valence-electron chi connectivity index (χ0n) is 9.94. The number of nitriles is 1. The summed E-state index contributed by atoms with van der Waals surface area (Å²) >= 11 is 0. The van der Waals surface area contributed by atoms with Gasteiger partial charge in [-0.1, -0.05) is 18.2 Å². The van der Waals surface area contributed by atoms with Crippen LogP contribution in [-0.2, 0) is 6.42 Å². The topological polar surface area (TPSA) is 49.6 Å². The van der Waals surface area contributed by atoms with Crippen LogP contribution in [0.3, 0.4) is 0 Å². The molecule has 0 unspecified atom stereocenters. The second kappa shape index (κ2) is 4.75. The number of benzene rings is 1. The molecule has 0 atom stereocenters. The van der Waals surface area contributed by atoms with Gasteiger partial charge in [-0.05, 0) is 25.5 Å². The highest BCUT2D eigenvalue weighted by atomic mass is 14.8. The fraction of sp³-hybridized carbons (Fsp3) is 0.214. The molecule has 1 heterocycles. The van der Waals surface area contributed by atoms with Crippen LogP contribution >= 0.6 is 0 Å². The third kappa shape index (κ3) is 2.48. The van der Waals surface area contributed by atoms with E-state index >= 15 is 0 Å². The van der Waals surface area contributed by atoms with Crippen molar-refractivity contribution in [3.8, 4) is 6.07 Å². The van der Waals surface area contributed by atoms with E-state index in [-0.39, 0.29) is 0 Å². The molecule has 0 saturated heterocycles. The first kappa shape index (κ1) is 11.3. The number of hydrogen-bond acceptors (Lipinski definition) is 3. The van der Waals surface area contributed by atoms with E-state index < -0.39 is 0 Å². The van der Waals surface area contributed by atoms with Crippen LogP contribution in [0.4, 0.5) is 0 Å². The second-order valence-corrected chi connectivity index (χ2v) is 3.99. The molecule has 0 aliphatic carbocycles. The summed E-state index contributed by atoms with van der Waals surface area (Å²) in [5.41, 5.74) is 4.46.